The molecule has 2 aromatic carbocycles. The van der Waals surface area contributed by atoms with E-state index in [-0.39, 0.29) is 0 Å². The molecule has 0 fully saturated rings. The van der Waals surface area contributed by atoms with E-state index in [9.17, 15) is 0 Å². The first kappa shape index (κ1) is 15.7. The van der Waals surface area contributed by atoms with Crippen LogP contribution in [0.5, 0.6) is 5.75 Å². The van der Waals surface area contributed by atoms with Gasteiger partial charge in [0, 0.05) is 15.1 Å². The maximum Gasteiger partial charge on any atom is 0.128 e. The summed E-state index contributed by atoms with van der Waals surface area (Å²) in [5.41, 5.74) is 3.36. The largest absolute Gasteiger partial charge is 0.496 e. The van der Waals surface area contributed by atoms with Crippen molar-refractivity contribution in [2.45, 2.75) is 6.92 Å². The van der Waals surface area contributed by atoms with Crippen molar-refractivity contribution in [2.75, 3.05) is 7.11 Å². The van der Waals surface area contributed by atoms with Crippen molar-refractivity contribution >= 4 is 34.3 Å². The summed E-state index contributed by atoms with van der Waals surface area (Å²) in [6, 6.07) is 11.9. The Morgan fingerprint density at radius 1 is 1.16 bits per heavy atom. The molecule has 0 N–H and O–H groups in total. The van der Waals surface area contributed by atoms with Gasteiger partial charge in [0.15, 0.2) is 0 Å². The molecule has 2 aromatic rings. The van der Waals surface area contributed by atoms with Crippen LogP contribution >= 0.6 is 27.5 Å². The van der Waals surface area contributed by atoms with Crippen molar-refractivity contribution in [1.29, 1.82) is 0 Å². The monoisotopic (exact) mass is 340 g/mol. The molecular weight excluding hydrogens is 328 g/mol. The molecule has 0 saturated carbocycles. The molecule has 0 aliphatic rings. The van der Waals surface area contributed by atoms with Crippen LogP contribution in [0.4, 0.5) is 0 Å². The lowest BCUT2D eigenvalue weighted by atomic mass is 10.0. The third kappa shape index (κ3) is 4.08. The van der Waals surface area contributed by atoms with Crippen molar-refractivity contribution < 1.29 is 9.53 Å². The van der Waals surface area contributed by atoms with Gasteiger partial charge in [-0.25, -0.2) is 0 Å². The normalized spacial score (nSPS) is 9.47. The molecular formula is C15H14BrClO2. The van der Waals surface area contributed by atoms with E-state index in [2.05, 4.69) is 41.1 Å². The lowest BCUT2D eigenvalue weighted by Crippen LogP contribution is -1.88. The molecule has 0 radical (unpaired) electrons. The molecule has 0 saturated heterocycles. The highest BCUT2D eigenvalue weighted by molar-refractivity contribution is 9.10. The third-order valence-electron chi connectivity index (χ3n) is 2.52. The fourth-order valence-corrected chi connectivity index (χ4v) is 2.57. The fourth-order valence-electron chi connectivity index (χ4n) is 1.80. The van der Waals surface area contributed by atoms with Gasteiger partial charge < -0.3 is 9.53 Å². The van der Waals surface area contributed by atoms with E-state index < -0.39 is 0 Å². The van der Waals surface area contributed by atoms with Crippen LogP contribution in [-0.4, -0.2) is 13.9 Å². The molecule has 0 spiro atoms. The number of rotatable bonds is 2. The van der Waals surface area contributed by atoms with E-state index in [0.717, 1.165) is 21.3 Å². The third-order valence-corrected chi connectivity index (χ3v) is 3.21. The van der Waals surface area contributed by atoms with E-state index >= 15 is 0 Å². The summed E-state index contributed by atoms with van der Waals surface area (Å²) in [5.74, 6) is 0.787. The second-order valence-corrected chi connectivity index (χ2v) is 5.21. The molecule has 0 heterocycles. The lowest BCUT2D eigenvalue weighted by molar-refractivity contribution is -0.0979. The van der Waals surface area contributed by atoms with Crippen LogP contribution in [0.2, 0.25) is 5.02 Å². The number of ether oxygens (including phenoxy) is 1. The Morgan fingerprint density at radius 2 is 1.84 bits per heavy atom. The van der Waals surface area contributed by atoms with E-state index in [0.29, 0.717) is 5.02 Å². The summed E-state index contributed by atoms with van der Waals surface area (Å²) in [4.78, 5) is 8.00. The van der Waals surface area contributed by atoms with Crippen molar-refractivity contribution in [3.63, 3.8) is 0 Å². The maximum absolute atomic E-state index is 8.00. The first-order chi connectivity index (χ1) is 9.10. The topological polar surface area (TPSA) is 26.3 Å². The van der Waals surface area contributed by atoms with Gasteiger partial charge in [0.25, 0.3) is 0 Å². The number of carbonyl (C=O) groups excluding carboxylic acids is 1. The summed E-state index contributed by atoms with van der Waals surface area (Å²) < 4.78 is 6.42. The number of methoxy groups -OCH3 is 1. The van der Waals surface area contributed by atoms with Crippen molar-refractivity contribution in [1.82, 2.24) is 0 Å². The molecule has 19 heavy (non-hydrogen) atoms. The Morgan fingerprint density at radius 3 is 2.42 bits per heavy atom. The predicted octanol–water partition coefficient (Wildman–Crippen LogP) is 4.90. The average Bonchev–Trinajstić information content (AvgIpc) is 2.39. The first-order valence-corrected chi connectivity index (χ1v) is 6.67. The van der Waals surface area contributed by atoms with Crippen molar-refractivity contribution in [2.24, 2.45) is 0 Å². The number of carbonyl (C=O) groups is 1. The molecule has 0 amide bonds. The zero-order chi connectivity index (χ0) is 14.4. The minimum absolute atomic E-state index is 0.678. The number of hydrogen-bond donors (Lipinski definition) is 0. The van der Waals surface area contributed by atoms with Crippen LogP contribution in [0.3, 0.4) is 0 Å². The molecule has 2 nitrogen and oxygen atoms in total. The Balaban J connectivity index is 0.000000861. The van der Waals surface area contributed by atoms with Gasteiger partial charge in [0.05, 0.1) is 7.11 Å². The molecule has 0 aromatic heterocycles. The quantitative estimate of drug-likeness (QED) is 0.776. The van der Waals surface area contributed by atoms with Gasteiger partial charge in [-0.1, -0.05) is 33.6 Å². The molecule has 100 valence electrons. The maximum atomic E-state index is 8.00. The average molecular weight is 342 g/mol. The van der Waals surface area contributed by atoms with Gasteiger partial charge in [0.1, 0.15) is 12.5 Å². The molecule has 0 aliphatic carbocycles. The fraction of sp³-hybridized carbons (Fsp3) is 0.133. The van der Waals surface area contributed by atoms with Crippen molar-refractivity contribution in [3.8, 4) is 16.9 Å². The zero-order valence-corrected chi connectivity index (χ0v) is 13.1. The smallest absolute Gasteiger partial charge is 0.128 e. The Bertz CT molecular complexity index is 550. The highest BCUT2D eigenvalue weighted by atomic mass is 79.9. The van der Waals surface area contributed by atoms with Crippen molar-refractivity contribution in [3.05, 3.63) is 51.5 Å². The number of hydrogen-bond acceptors (Lipinski definition) is 2. The van der Waals surface area contributed by atoms with Gasteiger partial charge in [-0.05, 0) is 48.4 Å². The van der Waals surface area contributed by atoms with Gasteiger partial charge >= 0.3 is 0 Å². The summed E-state index contributed by atoms with van der Waals surface area (Å²) >= 11 is 9.46. The summed E-state index contributed by atoms with van der Waals surface area (Å²) in [7, 11) is 1.65. The van der Waals surface area contributed by atoms with E-state index in [4.69, 9.17) is 21.1 Å². The van der Waals surface area contributed by atoms with Gasteiger partial charge in [-0.3, -0.25) is 0 Å². The van der Waals surface area contributed by atoms with E-state index in [1.165, 1.54) is 5.56 Å². The Hall–Kier alpha value is -1.32. The van der Waals surface area contributed by atoms with Gasteiger partial charge in [-0.15, -0.1) is 0 Å². The minimum Gasteiger partial charge on any atom is -0.496 e. The number of aryl methyl sites for hydroxylation is 1. The van der Waals surface area contributed by atoms with Crippen LogP contribution in [0.25, 0.3) is 11.1 Å². The van der Waals surface area contributed by atoms with Crippen LogP contribution in [-0.2, 0) is 4.79 Å². The number of halogens is 2. The SMILES string of the molecule is C=O.COc1cc(Cl)ccc1-c1cc(C)cc(Br)c1. The van der Waals surface area contributed by atoms with Crippen LogP contribution < -0.4 is 4.74 Å². The molecule has 2 rings (SSSR count). The van der Waals surface area contributed by atoms with Gasteiger partial charge in [-0.2, -0.15) is 0 Å². The second-order valence-electron chi connectivity index (χ2n) is 3.86. The predicted molar refractivity (Wildman–Crippen MR) is 83.0 cm³/mol. The lowest BCUT2D eigenvalue weighted by Gasteiger charge is -2.10. The zero-order valence-electron chi connectivity index (χ0n) is 10.7. The summed E-state index contributed by atoms with van der Waals surface area (Å²) in [6.45, 7) is 4.07. The molecule has 0 atom stereocenters. The van der Waals surface area contributed by atoms with E-state index in [1.54, 1.807) is 7.11 Å². The van der Waals surface area contributed by atoms with Crippen LogP contribution in [0.1, 0.15) is 5.56 Å². The highest BCUT2D eigenvalue weighted by Gasteiger charge is 2.07. The van der Waals surface area contributed by atoms with Gasteiger partial charge in [0.2, 0.25) is 0 Å². The molecule has 0 unspecified atom stereocenters. The molecule has 0 bridgehead atoms. The van der Waals surface area contributed by atoms with E-state index in [1.807, 2.05) is 25.0 Å². The summed E-state index contributed by atoms with van der Waals surface area (Å²) in [5, 5.41) is 0.678. The van der Waals surface area contributed by atoms with Crippen LogP contribution in [0, 0.1) is 6.92 Å². The second kappa shape index (κ2) is 7.31. The molecule has 0 aliphatic heterocycles. The molecule has 4 heteroatoms. The first-order valence-electron chi connectivity index (χ1n) is 5.50. The standard InChI is InChI=1S/C14H12BrClO.CH2O/c1-9-5-10(7-11(15)6-9)13-4-3-12(16)8-14(13)17-2;1-2/h3-8H,1-2H3;1H2. The Labute approximate surface area is 126 Å². The minimum atomic E-state index is 0.678. The van der Waals surface area contributed by atoms with Crippen LogP contribution in [0.15, 0.2) is 40.9 Å². The summed E-state index contributed by atoms with van der Waals surface area (Å²) in [6.07, 6.45) is 0. The Kier molecular flexibility index (Phi) is 6.06. The number of benzene rings is 2. The highest BCUT2D eigenvalue weighted by Crippen LogP contribution is 2.34.